The van der Waals surface area contributed by atoms with Crippen LogP contribution in [0, 0.1) is 0 Å². The molecule has 0 fully saturated rings. The van der Waals surface area contributed by atoms with Gasteiger partial charge in [-0.1, -0.05) is 42.5 Å². The molecule has 0 bridgehead atoms. The highest BCUT2D eigenvalue weighted by molar-refractivity contribution is 7.22. The molecular weight excluding hydrogens is 471 g/mol. The monoisotopic (exact) mass is 489 g/mol. The number of benzene rings is 2. The maximum atomic E-state index is 12.9. The number of carbonyl (C=O) groups is 2. The molecule has 0 spiro atoms. The second kappa shape index (κ2) is 9.40. The summed E-state index contributed by atoms with van der Waals surface area (Å²) in [6, 6.07) is 10.5. The normalized spacial score (nSPS) is 12.6. The molecule has 4 aromatic rings. The molecule has 0 aliphatic rings. The van der Waals surface area contributed by atoms with E-state index in [0.29, 0.717) is 21.9 Å². The third-order valence-electron chi connectivity index (χ3n) is 5.06. The number of thiazole rings is 2. The lowest BCUT2D eigenvalue weighted by molar-refractivity contribution is -0.137. The topological polar surface area (TPSA) is 72.0 Å². The minimum Gasteiger partial charge on any atom is -0.302 e. The fourth-order valence-corrected chi connectivity index (χ4v) is 4.85. The van der Waals surface area contributed by atoms with Crippen molar-refractivity contribution in [2.24, 2.45) is 0 Å². The molecule has 1 N–H and O–H groups in total. The average Bonchev–Trinajstić information content (AvgIpc) is 3.42. The van der Waals surface area contributed by atoms with Crippen LogP contribution in [-0.4, -0.2) is 21.7 Å². The summed E-state index contributed by atoms with van der Waals surface area (Å²) in [5.74, 6) is -0.805. The smallest absolute Gasteiger partial charge is 0.302 e. The number of rotatable bonds is 7. The summed E-state index contributed by atoms with van der Waals surface area (Å²) in [5.41, 5.74) is 3.27. The fourth-order valence-electron chi connectivity index (χ4n) is 3.35. The number of nitrogens with one attached hydrogen (secondary N) is 1. The van der Waals surface area contributed by atoms with Gasteiger partial charge in [-0.3, -0.25) is 9.59 Å². The number of alkyl halides is 3. The summed E-state index contributed by atoms with van der Waals surface area (Å²) < 4.78 is 39.7. The van der Waals surface area contributed by atoms with Crippen LogP contribution < -0.4 is 5.32 Å². The maximum Gasteiger partial charge on any atom is 0.416 e. The van der Waals surface area contributed by atoms with Crippen LogP contribution in [0.1, 0.15) is 46.4 Å². The quantitative estimate of drug-likeness (QED) is 0.308. The van der Waals surface area contributed by atoms with Crippen LogP contribution in [-0.2, 0) is 17.4 Å². The molecule has 0 aliphatic carbocycles. The first kappa shape index (κ1) is 23.1. The summed E-state index contributed by atoms with van der Waals surface area (Å²) in [6.07, 6.45) is -4.19. The van der Waals surface area contributed by atoms with Gasteiger partial charge in [-0.05, 0) is 35.2 Å². The Bertz CT molecular complexity index is 1300. The van der Waals surface area contributed by atoms with Crippen LogP contribution in [0.5, 0.6) is 0 Å². The highest BCUT2D eigenvalue weighted by Crippen LogP contribution is 2.32. The first-order chi connectivity index (χ1) is 15.7. The van der Waals surface area contributed by atoms with Gasteiger partial charge in [0.25, 0.3) is 0 Å². The van der Waals surface area contributed by atoms with Gasteiger partial charge < -0.3 is 5.32 Å². The number of ketones is 1. The Balaban J connectivity index is 1.41. The molecule has 0 saturated heterocycles. The Morgan fingerprint density at radius 1 is 1.15 bits per heavy atom. The summed E-state index contributed by atoms with van der Waals surface area (Å²) in [5, 5.41) is 4.84. The lowest BCUT2D eigenvalue weighted by atomic mass is 9.95. The summed E-state index contributed by atoms with van der Waals surface area (Å²) >= 11 is 2.64. The number of carbonyl (C=O) groups excluding carboxylic acids is 2. The van der Waals surface area contributed by atoms with Crippen molar-refractivity contribution in [1.29, 1.82) is 0 Å². The molecule has 2 aromatic heterocycles. The molecule has 0 saturated carbocycles. The van der Waals surface area contributed by atoms with Gasteiger partial charge in [0.2, 0.25) is 5.91 Å². The number of fused-ring (bicyclic) bond motifs is 1. The van der Waals surface area contributed by atoms with E-state index in [1.165, 1.54) is 28.7 Å². The molecule has 33 heavy (non-hydrogen) atoms. The minimum absolute atomic E-state index is 0.0185. The van der Waals surface area contributed by atoms with Crippen LogP contribution in [0.15, 0.2) is 53.4 Å². The van der Waals surface area contributed by atoms with Gasteiger partial charge in [0.15, 0.2) is 10.9 Å². The molecule has 170 valence electrons. The van der Waals surface area contributed by atoms with Gasteiger partial charge in [0, 0.05) is 18.2 Å². The lowest BCUT2D eigenvalue weighted by Gasteiger charge is -2.14. The van der Waals surface area contributed by atoms with Gasteiger partial charge in [0.1, 0.15) is 5.69 Å². The molecule has 2 heterocycles. The first-order valence-electron chi connectivity index (χ1n) is 9.97. The van der Waals surface area contributed by atoms with E-state index in [1.54, 1.807) is 29.9 Å². The van der Waals surface area contributed by atoms with Crippen molar-refractivity contribution in [3.8, 4) is 0 Å². The van der Waals surface area contributed by atoms with E-state index in [-0.39, 0.29) is 24.5 Å². The van der Waals surface area contributed by atoms with Crippen molar-refractivity contribution in [3.63, 3.8) is 0 Å². The van der Waals surface area contributed by atoms with Crippen molar-refractivity contribution in [2.45, 2.75) is 31.9 Å². The number of anilines is 1. The SMILES string of the molecule is CC(CC(=O)Nc1nc2ccc(CC(=O)c3cscn3)cc2s1)c1cccc(C(F)(F)F)c1. The molecule has 0 radical (unpaired) electrons. The highest BCUT2D eigenvalue weighted by atomic mass is 32.1. The molecule has 10 heteroatoms. The Hall–Kier alpha value is -3.11. The maximum absolute atomic E-state index is 12.9. The van der Waals surface area contributed by atoms with Crippen molar-refractivity contribution >= 4 is 49.7 Å². The zero-order valence-corrected chi connectivity index (χ0v) is 19.0. The molecule has 1 amide bonds. The minimum atomic E-state index is -4.43. The zero-order chi connectivity index (χ0) is 23.6. The van der Waals surface area contributed by atoms with Crippen LogP contribution >= 0.6 is 22.7 Å². The second-order valence-corrected chi connectivity index (χ2v) is 9.32. The van der Waals surface area contributed by atoms with Gasteiger partial charge in [-0.15, -0.1) is 11.3 Å². The van der Waals surface area contributed by atoms with Crippen LogP contribution in [0.3, 0.4) is 0 Å². The van der Waals surface area contributed by atoms with Crippen molar-refractivity contribution in [3.05, 3.63) is 75.7 Å². The number of Topliss-reactive ketones (excluding diaryl/α,β-unsaturated/α-hetero) is 1. The lowest BCUT2D eigenvalue weighted by Crippen LogP contribution is -2.14. The van der Waals surface area contributed by atoms with Gasteiger partial charge in [-0.25, -0.2) is 9.97 Å². The molecule has 5 nitrogen and oxygen atoms in total. The van der Waals surface area contributed by atoms with Crippen molar-refractivity contribution in [1.82, 2.24) is 9.97 Å². The van der Waals surface area contributed by atoms with E-state index in [0.717, 1.165) is 22.4 Å². The first-order valence-corrected chi connectivity index (χ1v) is 11.7. The molecule has 2 aromatic carbocycles. The molecule has 0 aliphatic heterocycles. The predicted octanol–water partition coefficient (Wildman–Crippen LogP) is 6.33. The van der Waals surface area contributed by atoms with Crippen molar-refractivity contribution < 1.29 is 22.8 Å². The highest BCUT2D eigenvalue weighted by Gasteiger charge is 2.30. The van der Waals surface area contributed by atoms with E-state index < -0.39 is 17.7 Å². The third-order valence-corrected chi connectivity index (χ3v) is 6.58. The Labute approximate surface area is 195 Å². The number of amides is 1. The zero-order valence-electron chi connectivity index (χ0n) is 17.3. The number of hydrogen-bond donors (Lipinski definition) is 1. The van der Waals surface area contributed by atoms with Gasteiger partial charge in [0.05, 0.1) is 21.3 Å². The molecular formula is C23H18F3N3O2S2. The molecule has 1 atom stereocenters. The Kier molecular flexibility index (Phi) is 6.57. The molecule has 4 rings (SSSR count). The van der Waals surface area contributed by atoms with E-state index in [9.17, 15) is 22.8 Å². The standard InChI is InChI=1S/C23H18F3N3O2S2/c1-13(15-3-2-4-16(10-15)23(24,25)26)7-21(31)29-22-28-17-6-5-14(9-20(17)33-22)8-19(30)18-11-32-12-27-18/h2-6,9-13H,7-8H2,1H3,(H,28,29,31). The number of aromatic nitrogens is 2. The third kappa shape index (κ3) is 5.63. The number of nitrogens with zero attached hydrogens (tertiary/aromatic N) is 2. The van der Waals surface area contributed by atoms with Gasteiger partial charge in [-0.2, -0.15) is 13.2 Å². The van der Waals surface area contributed by atoms with Gasteiger partial charge >= 0.3 is 6.18 Å². The Morgan fingerprint density at radius 2 is 1.97 bits per heavy atom. The van der Waals surface area contributed by atoms with E-state index in [1.807, 2.05) is 12.1 Å². The number of halogens is 3. The number of hydrogen-bond acceptors (Lipinski definition) is 6. The van der Waals surface area contributed by atoms with Crippen molar-refractivity contribution in [2.75, 3.05) is 5.32 Å². The summed E-state index contributed by atoms with van der Waals surface area (Å²) in [7, 11) is 0. The van der Waals surface area contributed by atoms with Crippen LogP contribution in [0.25, 0.3) is 10.2 Å². The summed E-state index contributed by atoms with van der Waals surface area (Å²) in [6.45, 7) is 1.71. The second-order valence-electron chi connectivity index (χ2n) is 7.57. The summed E-state index contributed by atoms with van der Waals surface area (Å²) in [4.78, 5) is 33.2. The average molecular weight is 490 g/mol. The van der Waals surface area contributed by atoms with E-state index in [4.69, 9.17) is 0 Å². The van der Waals surface area contributed by atoms with Crippen LogP contribution in [0.2, 0.25) is 0 Å². The fraction of sp³-hybridized carbons (Fsp3) is 0.217. The largest absolute Gasteiger partial charge is 0.416 e. The van der Waals surface area contributed by atoms with E-state index in [2.05, 4.69) is 15.3 Å². The van der Waals surface area contributed by atoms with Crippen LogP contribution in [0.4, 0.5) is 18.3 Å². The Morgan fingerprint density at radius 3 is 2.70 bits per heavy atom. The predicted molar refractivity (Wildman–Crippen MR) is 123 cm³/mol. The molecule has 1 unspecified atom stereocenters. The van der Waals surface area contributed by atoms with E-state index >= 15 is 0 Å².